The van der Waals surface area contributed by atoms with E-state index in [-0.39, 0.29) is 23.2 Å². The van der Waals surface area contributed by atoms with Gasteiger partial charge in [0.2, 0.25) is 5.75 Å². The van der Waals surface area contributed by atoms with E-state index in [2.05, 4.69) is 20.7 Å². The first-order valence-corrected chi connectivity index (χ1v) is 12.2. The van der Waals surface area contributed by atoms with Crippen molar-refractivity contribution in [2.75, 3.05) is 27.1 Å². The Morgan fingerprint density at radius 1 is 0.974 bits per heavy atom. The first-order chi connectivity index (χ1) is 18.4. The standard InChI is InChI=1S/C26H25N5O6S/c1-35-21-12-17(13-22(36-2)24(21)37-3)25-29-30-26(31(25)18-7-5-4-6-8-18)38-15-23(34)28-27-14-16-9-10-19(32)20(33)11-16/h4-14,32-33H,15H2,1-3H3,(H,28,34)/b27-14+. The van der Waals surface area contributed by atoms with E-state index in [0.717, 1.165) is 5.69 Å². The fourth-order valence-electron chi connectivity index (χ4n) is 3.53. The molecule has 3 N–H and O–H groups in total. The number of hydrogen-bond donors (Lipinski definition) is 3. The van der Waals surface area contributed by atoms with Gasteiger partial charge in [0.15, 0.2) is 34.0 Å². The molecule has 0 atom stereocenters. The van der Waals surface area contributed by atoms with Crippen LogP contribution >= 0.6 is 11.8 Å². The van der Waals surface area contributed by atoms with Gasteiger partial charge in [-0.25, -0.2) is 5.43 Å². The second-order valence-electron chi connectivity index (χ2n) is 7.72. The summed E-state index contributed by atoms with van der Waals surface area (Å²) in [7, 11) is 4.61. The van der Waals surface area contributed by atoms with Crippen LogP contribution in [0, 0.1) is 0 Å². The predicted molar refractivity (Wildman–Crippen MR) is 143 cm³/mol. The number of thioether (sulfide) groups is 1. The second-order valence-corrected chi connectivity index (χ2v) is 8.66. The van der Waals surface area contributed by atoms with Gasteiger partial charge < -0.3 is 24.4 Å². The summed E-state index contributed by atoms with van der Waals surface area (Å²) >= 11 is 1.19. The number of para-hydroxylation sites is 1. The van der Waals surface area contributed by atoms with Crippen LogP contribution in [0.2, 0.25) is 0 Å². The zero-order valence-electron chi connectivity index (χ0n) is 20.8. The molecule has 11 nitrogen and oxygen atoms in total. The number of ether oxygens (including phenoxy) is 3. The van der Waals surface area contributed by atoms with Crippen molar-refractivity contribution >= 4 is 23.9 Å². The Kier molecular flexibility index (Phi) is 8.34. The maximum Gasteiger partial charge on any atom is 0.250 e. The predicted octanol–water partition coefficient (Wildman–Crippen LogP) is 3.61. The smallest absolute Gasteiger partial charge is 0.250 e. The summed E-state index contributed by atoms with van der Waals surface area (Å²) in [5, 5.41) is 32.1. The number of phenols is 2. The van der Waals surface area contributed by atoms with E-state index in [4.69, 9.17) is 14.2 Å². The maximum atomic E-state index is 12.5. The number of rotatable bonds is 10. The Bertz CT molecular complexity index is 1430. The molecule has 1 heterocycles. The number of nitrogens with one attached hydrogen (secondary N) is 1. The van der Waals surface area contributed by atoms with Gasteiger partial charge in [0.25, 0.3) is 5.91 Å². The summed E-state index contributed by atoms with van der Waals surface area (Å²) in [6, 6.07) is 17.3. The molecule has 0 bridgehead atoms. The van der Waals surface area contributed by atoms with Gasteiger partial charge in [-0.15, -0.1) is 10.2 Å². The number of nitrogens with zero attached hydrogens (tertiary/aromatic N) is 4. The lowest BCUT2D eigenvalue weighted by Crippen LogP contribution is -2.20. The van der Waals surface area contributed by atoms with Crippen molar-refractivity contribution in [3.63, 3.8) is 0 Å². The van der Waals surface area contributed by atoms with E-state index in [1.165, 1.54) is 51.4 Å². The minimum atomic E-state index is -0.369. The maximum absolute atomic E-state index is 12.5. The number of aromatic hydroxyl groups is 2. The lowest BCUT2D eigenvalue weighted by Gasteiger charge is -2.15. The van der Waals surface area contributed by atoms with Crippen molar-refractivity contribution in [2.24, 2.45) is 5.10 Å². The largest absolute Gasteiger partial charge is 0.504 e. The van der Waals surface area contributed by atoms with Crippen LogP contribution in [0.15, 0.2) is 70.9 Å². The van der Waals surface area contributed by atoms with Crippen LogP contribution in [0.5, 0.6) is 28.7 Å². The van der Waals surface area contributed by atoms with Crippen LogP contribution in [0.1, 0.15) is 5.56 Å². The van der Waals surface area contributed by atoms with Gasteiger partial charge in [0, 0.05) is 11.3 Å². The molecule has 38 heavy (non-hydrogen) atoms. The number of carbonyl (C=O) groups excluding carboxylic acids is 1. The van der Waals surface area contributed by atoms with Crippen molar-refractivity contribution in [1.29, 1.82) is 0 Å². The molecule has 4 rings (SSSR count). The SMILES string of the molecule is COc1cc(-c2nnc(SCC(=O)N/N=C/c3ccc(O)c(O)c3)n2-c2ccccc2)cc(OC)c1OC. The van der Waals surface area contributed by atoms with Crippen LogP contribution < -0.4 is 19.6 Å². The van der Waals surface area contributed by atoms with Crippen LogP contribution in [-0.4, -0.2) is 64.2 Å². The summed E-state index contributed by atoms with van der Waals surface area (Å²) in [6.45, 7) is 0. The molecule has 0 spiro atoms. The lowest BCUT2D eigenvalue weighted by atomic mass is 10.1. The van der Waals surface area contributed by atoms with Gasteiger partial charge >= 0.3 is 0 Å². The highest BCUT2D eigenvalue weighted by Crippen LogP contribution is 2.41. The van der Waals surface area contributed by atoms with Gasteiger partial charge in [-0.3, -0.25) is 9.36 Å². The zero-order valence-corrected chi connectivity index (χ0v) is 21.6. The second kappa shape index (κ2) is 12.0. The molecule has 0 aliphatic carbocycles. The number of phenolic OH excluding ortho intramolecular Hbond substituents is 2. The van der Waals surface area contributed by atoms with Crippen molar-refractivity contribution in [1.82, 2.24) is 20.2 Å². The quantitative estimate of drug-likeness (QED) is 0.120. The molecule has 1 amide bonds. The van der Waals surface area contributed by atoms with E-state index >= 15 is 0 Å². The highest BCUT2D eigenvalue weighted by atomic mass is 32.2. The van der Waals surface area contributed by atoms with E-state index < -0.39 is 0 Å². The molecule has 4 aromatic rings. The van der Waals surface area contributed by atoms with E-state index in [9.17, 15) is 15.0 Å². The number of aromatic nitrogens is 3. The van der Waals surface area contributed by atoms with Crippen molar-refractivity contribution in [2.45, 2.75) is 5.16 Å². The van der Waals surface area contributed by atoms with Crippen molar-refractivity contribution < 1.29 is 29.2 Å². The highest BCUT2D eigenvalue weighted by Gasteiger charge is 2.21. The Balaban J connectivity index is 1.58. The van der Waals surface area contributed by atoms with E-state index in [1.807, 2.05) is 34.9 Å². The monoisotopic (exact) mass is 535 g/mol. The van der Waals surface area contributed by atoms with Gasteiger partial charge in [0.05, 0.1) is 33.3 Å². The topological polar surface area (TPSA) is 140 Å². The van der Waals surface area contributed by atoms with E-state index in [0.29, 0.717) is 39.4 Å². The number of hydrazone groups is 1. The van der Waals surface area contributed by atoms with Crippen LogP contribution in [0.3, 0.4) is 0 Å². The molecule has 0 unspecified atom stereocenters. The first-order valence-electron chi connectivity index (χ1n) is 11.2. The Morgan fingerprint density at radius 2 is 1.68 bits per heavy atom. The van der Waals surface area contributed by atoms with E-state index in [1.54, 1.807) is 18.2 Å². The van der Waals surface area contributed by atoms with Gasteiger partial charge in [-0.1, -0.05) is 30.0 Å². The fourth-order valence-corrected chi connectivity index (χ4v) is 4.28. The summed E-state index contributed by atoms with van der Waals surface area (Å²) in [5.41, 5.74) is 4.42. The van der Waals surface area contributed by atoms with Crippen LogP contribution in [0.25, 0.3) is 17.1 Å². The Morgan fingerprint density at radius 3 is 2.32 bits per heavy atom. The molecule has 0 saturated heterocycles. The van der Waals surface area contributed by atoms with Gasteiger partial charge in [-0.05, 0) is 48.0 Å². The third-order valence-corrected chi connectivity index (χ3v) is 6.23. The highest BCUT2D eigenvalue weighted by molar-refractivity contribution is 7.99. The molecule has 1 aromatic heterocycles. The lowest BCUT2D eigenvalue weighted by molar-refractivity contribution is -0.118. The molecule has 12 heteroatoms. The van der Waals surface area contributed by atoms with Crippen LogP contribution in [0.4, 0.5) is 0 Å². The van der Waals surface area contributed by atoms with Gasteiger partial charge in [0.1, 0.15) is 0 Å². The Hall–Kier alpha value is -4.71. The van der Waals surface area contributed by atoms with Crippen molar-refractivity contribution in [3.8, 4) is 45.8 Å². The first kappa shape index (κ1) is 26.4. The number of methoxy groups -OCH3 is 3. The summed E-state index contributed by atoms with van der Waals surface area (Å²) in [6.07, 6.45) is 1.36. The summed E-state index contributed by atoms with van der Waals surface area (Å²) in [4.78, 5) is 12.5. The van der Waals surface area contributed by atoms with Crippen LogP contribution in [-0.2, 0) is 4.79 Å². The number of carbonyl (C=O) groups is 1. The summed E-state index contributed by atoms with van der Waals surface area (Å²) in [5.74, 6) is 1.04. The molecular formula is C26H25N5O6S. The average Bonchev–Trinajstić information content (AvgIpc) is 3.37. The molecule has 0 aliphatic rings. The zero-order chi connectivity index (χ0) is 27.1. The minimum absolute atomic E-state index is 0.0123. The molecular weight excluding hydrogens is 510 g/mol. The molecule has 0 aliphatic heterocycles. The molecule has 0 fully saturated rings. The average molecular weight is 536 g/mol. The number of hydrogen-bond acceptors (Lipinski definition) is 10. The Labute approximate surface area is 222 Å². The molecule has 196 valence electrons. The minimum Gasteiger partial charge on any atom is -0.504 e. The number of amides is 1. The van der Waals surface area contributed by atoms with Crippen molar-refractivity contribution in [3.05, 3.63) is 66.2 Å². The molecule has 3 aromatic carbocycles. The number of benzene rings is 3. The third-order valence-electron chi connectivity index (χ3n) is 5.31. The molecule has 0 saturated carbocycles. The fraction of sp³-hybridized carbons (Fsp3) is 0.154. The third kappa shape index (κ3) is 5.81. The summed E-state index contributed by atoms with van der Waals surface area (Å²) < 4.78 is 18.3. The molecule has 0 radical (unpaired) electrons. The normalized spacial score (nSPS) is 10.9. The van der Waals surface area contributed by atoms with Gasteiger partial charge in [-0.2, -0.15) is 5.10 Å².